The lowest BCUT2D eigenvalue weighted by Crippen LogP contribution is -2.56. The zero-order valence-corrected chi connectivity index (χ0v) is 11.8. The molecular formula is C16H20F3NO. The second kappa shape index (κ2) is 5.52. The van der Waals surface area contributed by atoms with E-state index in [0.717, 1.165) is 38.2 Å². The minimum absolute atomic E-state index is 0.0708. The smallest absolute Gasteiger partial charge is 0.161 e. The highest BCUT2D eigenvalue weighted by Crippen LogP contribution is 2.45. The van der Waals surface area contributed by atoms with E-state index in [9.17, 15) is 18.3 Å². The number of benzene rings is 1. The Bertz CT molecular complexity index is 534. The van der Waals surface area contributed by atoms with E-state index in [4.69, 9.17) is 0 Å². The second-order valence-electron chi connectivity index (χ2n) is 6.31. The van der Waals surface area contributed by atoms with Gasteiger partial charge in [-0.05, 0) is 31.6 Å². The van der Waals surface area contributed by atoms with Gasteiger partial charge in [-0.2, -0.15) is 0 Å². The quantitative estimate of drug-likeness (QED) is 0.809. The summed E-state index contributed by atoms with van der Waals surface area (Å²) in [5.41, 5.74) is -0.938. The van der Waals surface area contributed by atoms with Crippen LogP contribution < -0.4 is 5.32 Å². The van der Waals surface area contributed by atoms with Crippen molar-refractivity contribution in [3.8, 4) is 0 Å². The van der Waals surface area contributed by atoms with Gasteiger partial charge in [-0.15, -0.1) is 0 Å². The Morgan fingerprint density at radius 3 is 2.48 bits per heavy atom. The summed E-state index contributed by atoms with van der Waals surface area (Å²) in [5, 5.41) is 13.9. The molecule has 2 N–H and O–H groups in total. The number of hydrogen-bond donors (Lipinski definition) is 2. The van der Waals surface area contributed by atoms with E-state index in [2.05, 4.69) is 5.32 Å². The van der Waals surface area contributed by atoms with E-state index < -0.39 is 23.1 Å². The van der Waals surface area contributed by atoms with Gasteiger partial charge in [-0.25, -0.2) is 13.2 Å². The third kappa shape index (κ3) is 2.63. The van der Waals surface area contributed by atoms with Crippen LogP contribution >= 0.6 is 0 Å². The standard InChI is InChI=1S/C16H20F3NO/c17-11-8-13(19)14(9-12(11)18)20-15-6-3-5-10-4-1-2-7-16(10,15)21/h8-10,15,20-21H,1-7H2/t10-,15?,16-/m1/s1. The summed E-state index contributed by atoms with van der Waals surface area (Å²) in [5.74, 6) is -2.89. The van der Waals surface area contributed by atoms with Crippen molar-refractivity contribution in [2.75, 3.05) is 5.32 Å². The fourth-order valence-corrected chi connectivity index (χ4v) is 3.94. The van der Waals surface area contributed by atoms with Crippen molar-refractivity contribution in [1.29, 1.82) is 0 Å². The highest BCUT2D eigenvalue weighted by atomic mass is 19.2. The van der Waals surface area contributed by atoms with Crippen LogP contribution in [-0.2, 0) is 0 Å². The predicted molar refractivity (Wildman–Crippen MR) is 74.5 cm³/mol. The number of aliphatic hydroxyl groups is 1. The third-order valence-corrected chi connectivity index (χ3v) is 5.08. The van der Waals surface area contributed by atoms with Gasteiger partial charge in [0.25, 0.3) is 0 Å². The van der Waals surface area contributed by atoms with Crippen molar-refractivity contribution in [1.82, 2.24) is 0 Å². The summed E-state index contributed by atoms with van der Waals surface area (Å²) in [6.45, 7) is 0. The number of halogens is 3. The molecule has 2 fully saturated rings. The van der Waals surface area contributed by atoms with Crippen LogP contribution in [0.15, 0.2) is 12.1 Å². The Labute approximate surface area is 122 Å². The summed E-state index contributed by atoms with van der Waals surface area (Å²) >= 11 is 0. The Balaban J connectivity index is 1.85. The molecular weight excluding hydrogens is 279 g/mol. The van der Waals surface area contributed by atoms with Crippen molar-refractivity contribution in [2.24, 2.45) is 5.92 Å². The average Bonchev–Trinajstić information content (AvgIpc) is 2.45. The lowest BCUT2D eigenvalue weighted by Gasteiger charge is -2.49. The van der Waals surface area contributed by atoms with Gasteiger partial charge in [0.2, 0.25) is 0 Å². The van der Waals surface area contributed by atoms with Crippen LogP contribution in [0.3, 0.4) is 0 Å². The van der Waals surface area contributed by atoms with E-state index in [1.54, 1.807) is 0 Å². The molecule has 0 aliphatic heterocycles. The van der Waals surface area contributed by atoms with Crippen LogP contribution in [0.25, 0.3) is 0 Å². The molecule has 2 aliphatic rings. The molecule has 2 aliphatic carbocycles. The van der Waals surface area contributed by atoms with Crippen LogP contribution in [0.2, 0.25) is 0 Å². The first-order valence-corrected chi connectivity index (χ1v) is 7.64. The van der Waals surface area contributed by atoms with Gasteiger partial charge >= 0.3 is 0 Å². The lowest BCUT2D eigenvalue weighted by atomic mass is 9.65. The Morgan fingerprint density at radius 1 is 0.952 bits per heavy atom. The Hall–Kier alpha value is -1.23. The van der Waals surface area contributed by atoms with E-state index in [1.807, 2.05) is 0 Å². The highest BCUT2D eigenvalue weighted by Gasteiger charge is 2.47. The SMILES string of the molecule is O[C@]12CCCC[C@@H]1CCCC2Nc1cc(F)c(F)cc1F. The molecule has 116 valence electrons. The largest absolute Gasteiger partial charge is 0.387 e. The molecule has 0 spiro atoms. The molecule has 0 saturated heterocycles. The molecule has 2 nitrogen and oxygen atoms in total. The fraction of sp³-hybridized carbons (Fsp3) is 0.625. The molecule has 0 bridgehead atoms. The molecule has 1 unspecified atom stereocenters. The molecule has 0 amide bonds. The summed E-state index contributed by atoms with van der Waals surface area (Å²) in [6.07, 6.45) is 6.37. The maximum absolute atomic E-state index is 13.8. The van der Waals surface area contributed by atoms with E-state index in [1.165, 1.54) is 0 Å². The van der Waals surface area contributed by atoms with Crippen LogP contribution in [-0.4, -0.2) is 16.7 Å². The maximum atomic E-state index is 13.8. The minimum atomic E-state index is -1.20. The van der Waals surface area contributed by atoms with Crippen LogP contribution in [0.1, 0.15) is 44.9 Å². The number of rotatable bonds is 2. The molecule has 2 saturated carbocycles. The number of anilines is 1. The molecule has 3 rings (SSSR count). The maximum Gasteiger partial charge on any atom is 0.161 e. The number of hydrogen-bond acceptors (Lipinski definition) is 2. The normalized spacial score (nSPS) is 32.6. The van der Waals surface area contributed by atoms with E-state index in [0.29, 0.717) is 18.9 Å². The van der Waals surface area contributed by atoms with Crippen molar-refractivity contribution in [2.45, 2.75) is 56.6 Å². The third-order valence-electron chi connectivity index (χ3n) is 5.08. The minimum Gasteiger partial charge on any atom is -0.387 e. The summed E-state index contributed by atoms with van der Waals surface area (Å²) in [4.78, 5) is 0. The molecule has 1 aromatic rings. The summed E-state index contributed by atoms with van der Waals surface area (Å²) in [6, 6.07) is 1.07. The van der Waals surface area contributed by atoms with Crippen molar-refractivity contribution < 1.29 is 18.3 Å². The average molecular weight is 299 g/mol. The van der Waals surface area contributed by atoms with Gasteiger partial charge in [-0.3, -0.25) is 0 Å². The predicted octanol–water partition coefficient (Wildman–Crippen LogP) is 3.99. The topological polar surface area (TPSA) is 32.3 Å². The van der Waals surface area contributed by atoms with Gasteiger partial charge in [0.05, 0.1) is 17.3 Å². The second-order valence-corrected chi connectivity index (χ2v) is 6.31. The van der Waals surface area contributed by atoms with Crippen molar-refractivity contribution >= 4 is 5.69 Å². The van der Waals surface area contributed by atoms with Crippen molar-refractivity contribution in [3.63, 3.8) is 0 Å². The first kappa shape index (κ1) is 14.7. The highest BCUT2D eigenvalue weighted by molar-refractivity contribution is 5.47. The van der Waals surface area contributed by atoms with Gasteiger partial charge in [-0.1, -0.05) is 19.3 Å². The van der Waals surface area contributed by atoms with Crippen LogP contribution in [0.5, 0.6) is 0 Å². The molecule has 3 atom stereocenters. The monoisotopic (exact) mass is 299 g/mol. The van der Waals surface area contributed by atoms with Gasteiger partial charge in [0.1, 0.15) is 5.82 Å². The first-order valence-electron chi connectivity index (χ1n) is 7.64. The summed E-state index contributed by atoms with van der Waals surface area (Å²) < 4.78 is 40.1. The molecule has 0 heterocycles. The number of nitrogens with one attached hydrogen (secondary N) is 1. The van der Waals surface area contributed by atoms with E-state index >= 15 is 0 Å². The number of fused-ring (bicyclic) bond motifs is 1. The molecule has 1 aromatic carbocycles. The lowest BCUT2D eigenvalue weighted by molar-refractivity contribution is -0.0835. The molecule has 21 heavy (non-hydrogen) atoms. The van der Waals surface area contributed by atoms with Gasteiger partial charge in [0, 0.05) is 12.1 Å². The van der Waals surface area contributed by atoms with Gasteiger partial charge < -0.3 is 10.4 Å². The van der Waals surface area contributed by atoms with E-state index in [-0.39, 0.29) is 17.6 Å². The van der Waals surface area contributed by atoms with Crippen LogP contribution in [0.4, 0.5) is 18.9 Å². The molecule has 0 aromatic heterocycles. The summed E-state index contributed by atoms with van der Waals surface area (Å²) in [7, 11) is 0. The zero-order chi connectivity index (χ0) is 15.0. The van der Waals surface area contributed by atoms with Crippen LogP contribution in [0, 0.1) is 23.4 Å². The Morgan fingerprint density at radius 2 is 1.67 bits per heavy atom. The fourth-order valence-electron chi connectivity index (χ4n) is 3.94. The Kier molecular flexibility index (Phi) is 3.86. The molecule has 5 heteroatoms. The van der Waals surface area contributed by atoms with Gasteiger partial charge in [0.15, 0.2) is 11.6 Å². The zero-order valence-electron chi connectivity index (χ0n) is 11.8. The molecule has 0 radical (unpaired) electrons. The first-order chi connectivity index (χ1) is 10.0. The van der Waals surface area contributed by atoms with Crippen molar-refractivity contribution in [3.05, 3.63) is 29.6 Å².